The van der Waals surface area contributed by atoms with Crippen LogP contribution in [-0.4, -0.2) is 14.5 Å². The van der Waals surface area contributed by atoms with Gasteiger partial charge in [-0.3, -0.25) is 9.36 Å². The lowest BCUT2D eigenvalue weighted by molar-refractivity contribution is 0.746. The highest BCUT2D eigenvalue weighted by Crippen LogP contribution is 2.18. The van der Waals surface area contributed by atoms with Crippen molar-refractivity contribution >= 4 is 11.0 Å². The first-order valence-electron chi connectivity index (χ1n) is 7.77. The van der Waals surface area contributed by atoms with Gasteiger partial charge in [0.25, 0.3) is 5.56 Å². The van der Waals surface area contributed by atoms with Gasteiger partial charge in [0.2, 0.25) is 0 Å². The molecule has 0 bridgehead atoms. The number of pyridine rings is 1. The van der Waals surface area contributed by atoms with Crippen molar-refractivity contribution in [3.63, 3.8) is 0 Å². The van der Waals surface area contributed by atoms with Crippen molar-refractivity contribution < 1.29 is 0 Å². The zero-order valence-electron chi connectivity index (χ0n) is 13.0. The summed E-state index contributed by atoms with van der Waals surface area (Å²) >= 11 is 0. The second kappa shape index (κ2) is 6.08. The molecular weight excluding hydrogens is 298 g/mol. The van der Waals surface area contributed by atoms with E-state index < -0.39 is 0 Å². The van der Waals surface area contributed by atoms with Crippen LogP contribution in [0.1, 0.15) is 5.56 Å². The predicted octanol–water partition coefficient (Wildman–Crippen LogP) is 3.51. The smallest absolute Gasteiger partial charge is 0.280 e. The van der Waals surface area contributed by atoms with Gasteiger partial charge in [0, 0.05) is 5.56 Å². The van der Waals surface area contributed by atoms with E-state index in [1.807, 2.05) is 72.8 Å². The van der Waals surface area contributed by atoms with E-state index in [4.69, 9.17) is 0 Å². The maximum Gasteiger partial charge on any atom is 0.280 e. The first-order chi connectivity index (χ1) is 11.8. The quantitative estimate of drug-likeness (QED) is 0.581. The molecule has 0 aliphatic carbocycles. The minimum atomic E-state index is -0.123. The van der Waals surface area contributed by atoms with Crippen molar-refractivity contribution in [2.45, 2.75) is 6.54 Å². The summed E-state index contributed by atoms with van der Waals surface area (Å²) in [6, 6.07) is 23.4. The summed E-state index contributed by atoms with van der Waals surface area (Å²) in [5, 5.41) is 0. The van der Waals surface area contributed by atoms with Gasteiger partial charge in [-0.15, -0.1) is 0 Å². The van der Waals surface area contributed by atoms with Gasteiger partial charge < -0.3 is 0 Å². The maximum absolute atomic E-state index is 12.8. The van der Waals surface area contributed by atoms with Crippen LogP contribution in [0, 0.1) is 0 Å². The second-order valence-electron chi connectivity index (χ2n) is 5.59. The minimum Gasteiger partial charge on any atom is -0.293 e. The molecule has 2 aromatic carbocycles. The molecule has 4 aromatic rings. The highest BCUT2D eigenvalue weighted by atomic mass is 16.1. The average molecular weight is 313 g/mol. The lowest BCUT2D eigenvalue weighted by atomic mass is 10.1. The van der Waals surface area contributed by atoms with E-state index in [2.05, 4.69) is 9.97 Å². The summed E-state index contributed by atoms with van der Waals surface area (Å²) in [6.45, 7) is 0.486. The summed E-state index contributed by atoms with van der Waals surface area (Å²) in [5.74, 6) is 0. The highest BCUT2D eigenvalue weighted by Gasteiger charge is 2.08. The van der Waals surface area contributed by atoms with Crippen LogP contribution in [-0.2, 0) is 6.54 Å². The van der Waals surface area contributed by atoms with Crippen molar-refractivity contribution in [2.24, 2.45) is 0 Å². The maximum atomic E-state index is 12.8. The zero-order valence-corrected chi connectivity index (χ0v) is 13.0. The van der Waals surface area contributed by atoms with E-state index in [1.165, 1.54) is 0 Å². The molecule has 0 atom stereocenters. The van der Waals surface area contributed by atoms with Gasteiger partial charge in [-0.1, -0.05) is 60.7 Å². The average Bonchev–Trinajstić information content (AvgIpc) is 2.65. The molecule has 0 unspecified atom stereocenters. The molecule has 0 N–H and O–H groups in total. The summed E-state index contributed by atoms with van der Waals surface area (Å²) < 4.78 is 1.60. The summed E-state index contributed by atoms with van der Waals surface area (Å²) in [4.78, 5) is 21.7. The van der Waals surface area contributed by atoms with Gasteiger partial charge in [0.05, 0.1) is 24.1 Å². The van der Waals surface area contributed by atoms with Crippen LogP contribution in [0.3, 0.4) is 0 Å². The predicted molar refractivity (Wildman–Crippen MR) is 94.8 cm³/mol. The number of fused-ring (bicyclic) bond motifs is 1. The molecule has 116 valence electrons. The fourth-order valence-electron chi connectivity index (χ4n) is 2.70. The Kier molecular flexibility index (Phi) is 3.63. The Bertz CT molecular complexity index is 1040. The van der Waals surface area contributed by atoms with E-state index in [-0.39, 0.29) is 5.56 Å². The molecule has 0 amide bonds. The molecule has 0 saturated heterocycles. The van der Waals surface area contributed by atoms with Gasteiger partial charge in [0.15, 0.2) is 5.52 Å². The normalized spacial score (nSPS) is 10.8. The molecule has 0 aliphatic heterocycles. The monoisotopic (exact) mass is 313 g/mol. The summed E-state index contributed by atoms with van der Waals surface area (Å²) in [7, 11) is 0. The number of hydrogen-bond donors (Lipinski definition) is 0. The van der Waals surface area contributed by atoms with E-state index >= 15 is 0 Å². The van der Waals surface area contributed by atoms with Crippen LogP contribution < -0.4 is 5.56 Å². The van der Waals surface area contributed by atoms with Crippen LogP contribution in [0.25, 0.3) is 22.3 Å². The van der Waals surface area contributed by atoms with Crippen LogP contribution >= 0.6 is 0 Å². The number of hydrogen-bond acceptors (Lipinski definition) is 3. The van der Waals surface area contributed by atoms with Gasteiger partial charge in [-0.25, -0.2) is 9.97 Å². The molecule has 2 heterocycles. The summed E-state index contributed by atoms with van der Waals surface area (Å²) in [6.07, 6.45) is 1.58. The zero-order chi connectivity index (χ0) is 16.4. The van der Waals surface area contributed by atoms with Gasteiger partial charge in [-0.2, -0.15) is 0 Å². The Morgan fingerprint density at radius 1 is 0.833 bits per heavy atom. The molecule has 24 heavy (non-hydrogen) atoms. The Hall–Kier alpha value is -3.27. The first kappa shape index (κ1) is 14.3. The molecule has 0 aliphatic rings. The Morgan fingerprint density at radius 2 is 1.54 bits per heavy atom. The SMILES string of the molecule is O=c1c2nc(-c3ccccc3)ccc2ncn1Cc1ccccc1. The third-order valence-electron chi connectivity index (χ3n) is 3.94. The standard InChI is InChI=1S/C20H15N3O/c24-20-19-18(12-11-17(22-19)16-9-5-2-6-10-16)21-14-23(20)13-15-7-3-1-4-8-15/h1-12,14H,13H2. The summed E-state index contributed by atoms with van der Waals surface area (Å²) in [5.41, 5.74) is 3.71. The molecule has 0 spiro atoms. The Morgan fingerprint density at radius 3 is 2.29 bits per heavy atom. The molecular formula is C20H15N3O. The van der Waals surface area contributed by atoms with E-state index in [9.17, 15) is 4.79 Å². The lowest BCUT2D eigenvalue weighted by Gasteiger charge is -2.07. The first-order valence-corrected chi connectivity index (χ1v) is 7.77. The fraction of sp³-hybridized carbons (Fsp3) is 0.0500. The van der Waals surface area contributed by atoms with Gasteiger partial charge >= 0.3 is 0 Å². The molecule has 0 radical (unpaired) electrons. The topological polar surface area (TPSA) is 47.8 Å². The second-order valence-corrected chi connectivity index (χ2v) is 5.59. The van der Waals surface area contributed by atoms with E-state index in [0.29, 0.717) is 17.6 Å². The van der Waals surface area contributed by atoms with Crippen LogP contribution in [0.2, 0.25) is 0 Å². The van der Waals surface area contributed by atoms with E-state index in [1.54, 1.807) is 10.9 Å². The third kappa shape index (κ3) is 2.70. The molecule has 4 rings (SSSR count). The molecule has 2 aromatic heterocycles. The fourth-order valence-corrected chi connectivity index (χ4v) is 2.70. The molecule has 4 heteroatoms. The van der Waals surface area contributed by atoms with Crippen LogP contribution in [0.15, 0.2) is 83.9 Å². The Balaban J connectivity index is 1.81. The third-order valence-corrected chi connectivity index (χ3v) is 3.94. The van der Waals surface area contributed by atoms with Crippen molar-refractivity contribution in [1.29, 1.82) is 0 Å². The van der Waals surface area contributed by atoms with Gasteiger partial charge in [0.1, 0.15) is 0 Å². The minimum absolute atomic E-state index is 0.123. The van der Waals surface area contributed by atoms with Crippen molar-refractivity contribution in [3.8, 4) is 11.3 Å². The van der Waals surface area contributed by atoms with Crippen molar-refractivity contribution in [3.05, 3.63) is 95.0 Å². The number of nitrogens with zero attached hydrogens (tertiary/aromatic N) is 3. The number of rotatable bonds is 3. The number of benzene rings is 2. The Labute approximate surface area is 139 Å². The van der Waals surface area contributed by atoms with Crippen LogP contribution in [0.5, 0.6) is 0 Å². The van der Waals surface area contributed by atoms with Crippen molar-refractivity contribution in [1.82, 2.24) is 14.5 Å². The molecule has 0 saturated carbocycles. The largest absolute Gasteiger partial charge is 0.293 e. The lowest BCUT2D eigenvalue weighted by Crippen LogP contribution is -2.22. The molecule has 0 fully saturated rings. The molecule has 4 nitrogen and oxygen atoms in total. The van der Waals surface area contributed by atoms with Crippen molar-refractivity contribution in [2.75, 3.05) is 0 Å². The van der Waals surface area contributed by atoms with Crippen LogP contribution in [0.4, 0.5) is 0 Å². The van der Waals surface area contributed by atoms with E-state index in [0.717, 1.165) is 16.8 Å². The number of aromatic nitrogens is 3. The van der Waals surface area contributed by atoms with Gasteiger partial charge in [-0.05, 0) is 17.7 Å². The highest BCUT2D eigenvalue weighted by molar-refractivity contribution is 5.76.